The molecule has 3 N–H and O–H groups in total. The fourth-order valence-corrected chi connectivity index (χ4v) is 3.64. The Morgan fingerprint density at radius 1 is 1.22 bits per heavy atom. The molecule has 0 bridgehead atoms. The van der Waals surface area contributed by atoms with E-state index in [0.29, 0.717) is 0 Å². The average Bonchev–Trinajstić information content (AvgIpc) is 2.29. The summed E-state index contributed by atoms with van der Waals surface area (Å²) >= 11 is 0. The van der Waals surface area contributed by atoms with Crippen LogP contribution in [0.15, 0.2) is 17.3 Å². The summed E-state index contributed by atoms with van der Waals surface area (Å²) in [7, 11) is -3.57. The highest BCUT2D eigenvalue weighted by atomic mass is 32.2. The number of aromatic nitrogens is 2. The summed E-state index contributed by atoms with van der Waals surface area (Å²) in [6.45, 7) is 1.95. The molecule has 0 spiro atoms. The van der Waals surface area contributed by atoms with Crippen molar-refractivity contribution in [3.05, 3.63) is 12.4 Å². The molecule has 2 rings (SSSR count). The Labute approximate surface area is 107 Å². The first-order valence-electron chi connectivity index (χ1n) is 6.03. The first-order valence-corrected chi connectivity index (χ1v) is 7.51. The molecule has 7 heteroatoms. The van der Waals surface area contributed by atoms with Crippen LogP contribution in [0.5, 0.6) is 0 Å². The topological polar surface area (TPSA) is 98.0 Å². The van der Waals surface area contributed by atoms with E-state index in [1.807, 2.05) is 6.92 Å². The maximum atomic E-state index is 12.2. The molecular formula is C11H18N4O2S. The number of nitrogen functional groups attached to an aromatic ring is 1. The molecule has 6 nitrogen and oxygen atoms in total. The van der Waals surface area contributed by atoms with Crippen LogP contribution < -0.4 is 10.5 Å². The van der Waals surface area contributed by atoms with Crippen LogP contribution in [0, 0.1) is 0 Å². The maximum absolute atomic E-state index is 12.2. The molecule has 0 radical (unpaired) electrons. The van der Waals surface area contributed by atoms with Gasteiger partial charge in [0, 0.05) is 5.54 Å². The minimum atomic E-state index is -3.57. The monoisotopic (exact) mass is 270 g/mol. The van der Waals surface area contributed by atoms with Gasteiger partial charge in [-0.3, -0.25) is 0 Å². The number of sulfonamides is 1. The summed E-state index contributed by atoms with van der Waals surface area (Å²) in [5.74, 6) is 0.0674. The largest absolute Gasteiger partial charge is 0.368 e. The third-order valence-corrected chi connectivity index (χ3v) is 4.89. The van der Waals surface area contributed by atoms with Gasteiger partial charge in [-0.25, -0.2) is 23.1 Å². The van der Waals surface area contributed by atoms with Gasteiger partial charge >= 0.3 is 0 Å². The Bertz CT molecular complexity index is 506. The van der Waals surface area contributed by atoms with E-state index in [1.165, 1.54) is 18.8 Å². The molecule has 1 fully saturated rings. The van der Waals surface area contributed by atoms with Gasteiger partial charge in [0.2, 0.25) is 16.0 Å². The van der Waals surface area contributed by atoms with Crippen LogP contribution in [0.25, 0.3) is 0 Å². The second kappa shape index (κ2) is 4.81. The van der Waals surface area contributed by atoms with Crippen molar-refractivity contribution in [2.75, 3.05) is 5.73 Å². The van der Waals surface area contributed by atoms with Gasteiger partial charge in [0.1, 0.15) is 4.90 Å². The normalized spacial score (nSPS) is 19.6. The van der Waals surface area contributed by atoms with Gasteiger partial charge < -0.3 is 5.73 Å². The molecule has 1 aromatic rings. The number of nitrogens with zero attached hydrogens (tertiary/aromatic N) is 2. The SMILES string of the molecule is CC1(NS(=O)(=O)c2cnc(N)nc2)CCCCC1. The number of hydrogen-bond donors (Lipinski definition) is 2. The van der Waals surface area contributed by atoms with Crippen molar-refractivity contribution in [2.45, 2.75) is 49.5 Å². The van der Waals surface area contributed by atoms with Gasteiger partial charge in [0.25, 0.3) is 0 Å². The van der Waals surface area contributed by atoms with Crippen LogP contribution in [0.4, 0.5) is 5.95 Å². The molecule has 1 aliphatic rings. The Balaban J connectivity index is 2.18. The molecule has 1 aliphatic carbocycles. The third kappa shape index (κ3) is 2.97. The quantitative estimate of drug-likeness (QED) is 0.855. The van der Waals surface area contributed by atoms with E-state index in [1.54, 1.807) is 0 Å². The summed E-state index contributed by atoms with van der Waals surface area (Å²) in [6, 6.07) is 0. The minimum absolute atomic E-state index is 0.0588. The lowest BCUT2D eigenvalue weighted by molar-refractivity contribution is 0.294. The highest BCUT2D eigenvalue weighted by Crippen LogP contribution is 2.29. The summed E-state index contributed by atoms with van der Waals surface area (Å²) in [4.78, 5) is 7.48. The molecule has 18 heavy (non-hydrogen) atoms. The van der Waals surface area contributed by atoms with Crippen molar-refractivity contribution in [1.29, 1.82) is 0 Å². The van der Waals surface area contributed by atoms with Gasteiger partial charge in [-0.1, -0.05) is 19.3 Å². The predicted octanol–water partition coefficient (Wildman–Crippen LogP) is 1.06. The first kappa shape index (κ1) is 13.2. The fraction of sp³-hybridized carbons (Fsp3) is 0.636. The molecule has 1 heterocycles. The summed E-state index contributed by atoms with van der Waals surface area (Å²) in [6.07, 6.45) is 7.47. The molecule has 1 aromatic heterocycles. The van der Waals surface area contributed by atoms with E-state index in [4.69, 9.17) is 5.73 Å². The molecule has 0 saturated heterocycles. The zero-order chi connectivity index (χ0) is 13.2. The van der Waals surface area contributed by atoms with Crippen LogP contribution in [0.2, 0.25) is 0 Å². The fourth-order valence-electron chi connectivity index (χ4n) is 2.28. The van der Waals surface area contributed by atoms with E-state index in [-0.39, 0.29) is 16.4 Å². The van der Waals surface area contributed by atoms with Crippen LogP contribution >= 0.6 is 0 Å². The molecule has 0 aromatic carbocycles. The molecule has 100 valence electrons. The zero-order valence-electron chi connectivity index (χ0n) is 10.4. The second-order valence-electron chi connectivity index (χ2n) is 5.00. The number of nitrogens with one attached hydrogen (secondary N) is 1. The van der Waals surface area contributed by atoms with Gasteiger partial charge in [-0.15, -0.1) is 0 Å². The van der Waals surface area contributed by atoms with Gasteiger partial charge in [-0.05, 0) is 19.8 Å². The van der Waals surface area contributed by atoms with Gasteiger partial charge in [0.15, 0.2) is 0 Å². The predicted molar refractivity (Wildman–Crippen MR) is 68.3 cm³/mol. The highest BCUT2D eigenvalue weighted by Gasteiger charge is 2.32. The maximum Gasteiger partial charge on any atom is 0.244 e. The van der Waals surface area contributed by atoms with Crippen LogP contribution in [0.3, 0.4) is 0 Å². The number of hydrogen-bond acceptors (Lipinski definition) is 5. The number of rotatable bonds is 3. The van der Waals surface area contributed by atoms with Gasteiger partial charge in [-0.2, -0.15) is 0 Å². The Morgan fingerprint density at radius 3 is 2.33 bits per heavy atom. The number of anilines is 1. The van der Waals surface area contributed by atoms with E-state index < -0.39 is 10.0 Å². The Morgan fingerprint density at radius 2 is 1.78 bits per heavy atom. The van der Waals surface area contributed by atoms with E-state index in [2.05, 4.69) is 14.7 Å². The minimum Gasteiger partial charge on any atom is -0.368 e. The smallest absolute Gasteiger partial charge is 0.244 e. The third-order valence-electron chi connectivity index (χ3n) is 3.30. The molecule has 0 atom stereocenters. The van der Waals surface area contributed by atoms with Gasteiger partial charge in [0.05, 0.1) is 12.4 Å². The average molecular weight is 270 g/mol. The van der Waals surface area contributed by atoms with Crippen molar-refractivity contribution in [1.82, 2.24) is 14.7 Å². The van der Waals surface area contributed by atoms with E-state index >= 15 is 0 Å². The zero-order valence-corrected chi connectivity index (χ0v) is 11.2. The standard InChI is InChI=1S/C11H18N4O2S/c1-11(5-3-2-4-6-11)15-18(16,17)9-7-13-10(12)14-8-9/h7-8,15H,2-6H2,1H3,(H2,12,13,14). The van der Waals surface area contributed by atoms with Crippen LogP contribution in [-0.4, -0.2) is 23.9 Å². The van der Waals surface area contributed by atoms with Crippen molar-refractivity contribution in [3.8, 4) is 0 Å². The van der Waals surface area contributed by atoms with Crippen molar-refractivity contribution < 1.29 is 8.42 Å². The van der Waals surface area contributed by atoms with E-state index in [0.717, 1.165) is 25.7 Å². The molecular weight excluding hydrogens is 252 g/mol. The summed E-state index contributed by atoms with van der Waals surface area (Å²) < 4.78 is 27.1. The van der Waals surface area contributed by atoms with Crippen LogP contribution in [0.1, 0.15) is 39.0 Å². The molecule has 1 saturated carbocycles. The lowest BCUT2D eigenvalue weighted by Gasteiger charge is -2.33. The first-order chi connectivity index (χ1) is 8.41. The number of nitrogens with two attached hydrogens (primary N) is 1. The molecule has 0 amide bonds. The van der Waals surface area contributed by atoms with Crippen molar-refractivity contribution >= 4 is 16.0 Å². The summed E-state index contributed by atoms with van der Waals surface area (Å²) in [5.41, 5.74) is 4.98. The van der Waals surface area contributed by atoms with Crippen molar-refractivity contribution in [3.63, 3.8) is 0 Å². The van der Waals surface area contributed by atoms with Crippen molar-refractivity contribution in [2.24, 2.45) is 0 Å². The molecule has 0 aliphatic heterocycles. The van der Waals surface area contributed by atoms with E-state index in [9.17, 15) is 8.42 Å². The second-order valence-corrected chi connectivity index (χ2v) is 6.69. The lowest BCUT2D eigenvalue weighted by atomic mass is 9.84. The van der Waals surface area contributed by atoms with Crippen LogP contribution in [-0.2, 0) is 10.0 Å². The Kier molecular flexibility index (Phi) is 3.54. The Hall–Kier alpha value is -1.21. The highest BCUT2D eigenvalue weighted by molar-refractivity contribution is 7.89. The summed E-state index contributed by atoms with van der Waals surface area (Å²) in [5, 5.41) is 0. The molecule has 0 unspecified atom stereocenters. The lowest BCUT2D eigenvalue weighted by Crippen LogP contribution is -2.47.